The Labute approximate surface area is 368 Å². The molecule has 0 spiro atoms. The molecule has 0 radical (unpaired) electrons. The van der Waals surface area contributed by atoms with Crippen LogP contribution in [0.1, 0.15) is 258 Å². The van der Waals surface area contributed by atoms with E-state index >= 15 is 0 Å². The number of aliphatic hydroxyl groups excluding tert-OH is 1. The van der Waals surface area contributed by atoms with E-state index in [9.17, 15) is 9.90 Å². The zero-order chi connectivity index (χ0) is 42.6. The summed E-state index contributed by atoms with van der Waals surface area (Å²) in [6.07, 6.45) is 70.3. The molecule has 0 aliphatic heterocycles. The molecule has 0 amide bonds. The Kier molecular flexibility index (Phi) is 50.5. The van der Waals surface area contributed by atoms with Crippen LogP contribution in [0.4, 0.5) is 0 Å². The first-order valence-electron chi connectivity index (χ1n) is 25.9. The van der Waals surface area contributed by atoms with Gasteiger partial charge in [-0.05, 0) is 77.0 Å². The minimum atomic E-state index is -0.538. The van der Waals surface area contributed by atoms with Gasteiger partial charge < -0.3 is 14.6 Å². The zero-order valence-electron chi connectivity index (χ0n) is 39.5. The summed E-state index contributed by atoms with van der Waals surface area (Å²) in [5, 5.41) is 9.66. The quantitative estimate of drug-likeness (QED) is 0.0377. The van der Waals surface area contributed by atoms with Crippen LogP contribution >= 0.6 is 0 Å². The van der Waals surface area contributed by atoms with Crippen molar-refractivity contribution in [2.75, 3.05) is 19.8 Å². The fourth-order valence-corrected chi connectivity index (χ4v) is 7.49. The molecule has 0 aromatic carbocycles. The molecule has 1 unspecified atom stereocenters. The third-order valence-corrected chi connectivity index (χ3v) is 11.3. The second-order valence-corrected chi connectivity index (χ2v) is 17.2. The normalized spacial score (nSPS) is 12.8. The predicted octanol–water partition coefficient (Wildman–Crippen LogP) is 17.6. The number of carbonyl (C=O) groups excluding carboxylic acids is 1. The minimum absolute atomic E-state index is 0.173. The van der Waals surface area contributed by atoms with Crippen molar-refractivity contribution in [2.45, 2.75) is 264 Å². The smallest absolute Gasteiger partial charge is 0.306 e. The van der Waals surface area contributed by atoms with Gasteiger partial charge in [0.05, 0.1) is 13.2 Å². The lowest BCUT2D eigenvalue weighted by Gasteiger charge is -2.16. The number of rotatable bonds is 48. The summed E-state index contributed by atoms with van der Waals surface area (Å²) in [5.41, 5.74) is 0. The second-order valence-electron chi connectivity index (χ2n) is 17.2. The zero-order valence-corrected chi connectivity index (χ0v) is 39.5. The van der Waals surface area contributed by atoms with E-state index in [1.165, 1.54) is 193 Å². The summed E-state index contributed by atoms with van der Waals surface area (Å²) in [6.45, 7) is 5.26. The molecule has 59 heavy (non-hydrogen) atoms. The predicted molar refractivity (Wildman–Crippen MR) is 260 cm³/mol. The summed E-state index contributed by atoms with van der Waals surface area (Å²) < 4.78 is 11.2. The first kappa shape index (κ1) is 57.1. The van der Waals surface area contributed by atoms with Crippen LogP contribution < -0.4 is 0 Å². The van der Waals surface area contributed by atoms with Crippen molar-refractivity contribution < 1.29 is 19.4 Å². The Morgan fingerprint density at radius 1 is 0.424 bits per heavy atom. The molecule has 1 N–H and O–H groups in total. The van der Waals surface area contributed by atoms with Crippen molar-refractivity contribution in [1.29, 1.82) is 0 Å². The summed E-state index contributed by atoms with van der Waals surface area (Å²) in [6, 6.07) is 0. The Morgan fingerprint density at radius 3 is 1.17 bits per heavy atom. The van der Waals surface area contributed by atoms with E-state index in [0.717, 1.165) is 44.9 Å². The van der Waals surface area contributed by atoms with Gasteiger partial charge in [-0.2, -0.15) is 0 Å². The van der Waals surface area contributed by atoms with Gasteiger partial charge in [-0.1, -0.05) is 235 Å². The third kappa shape index (κ3) is 50.3. The van der Waals surface area contributed by atoms with E-state index in [4.69, 9.17) is 9.47 Å². The molecule has 0 bridgehead atoms. The largest absolute Gasteiger partial charge is 0.457 e. The number of esters is 1. The summed E-state index contributed by atoms with van der Waals surface area (Å²) in [7, 11) is 0. The van der Waals surface area contributed by atoms with E-state index in [-0.39, 0.29) is 12.6 Å². The van der Waals surface area contributed by atoms with Crippen molar-refractivity contribution >= 4 is 5.97 Å². The first-order valence-corrected chi connectivity index (χ1v) is 25.9. The maximum Gasteiger partial charge on any atom is 0.306 e. The fraction of sp³-hybridized carbons (Fsp3) is 0.800. The monoisotopic (exact) mass is 825 g/mol. The highest BCUT2D eigenvalue weighted by Crippen LogP contribution is 2.15. The Bertz CT molecular complexity index is 962. The average molecular weight is 825 g/mol. The van der Waals surface area contributed by atoms with Gasteiger partial charge in [-0.15, -0.1) is 0 Å². The average Bonchev–Trinajstić information content (AvgIpc) is 3.24. The molecule has 4 heteroatoms. The van der Waals surface area contributed by atoms with Crippen LogP contribution in [0.3, 0.4) is 0 Å². The molecular weight excluding hydrogens is 725 g/mol. The molecule has 0 fully saturated rings. The number of unbranched alkanes of at least 4 members (excludes halogenated alkanes) is 30. The molecule has 1 atom stereocenters. The first-order chi connectivity index (χ1) is 29.2. The molecular formula is C55H100O4. The molecule has 0 heterocycles. The van der Waals surface area contributed by atoms with Gasteiger partial charge in [-0.3, -0.25) is 4.79 Å². The van der Waals surface area contributed by atoms with Crippen molar-refractivity contribution in [3.05, 3.63) is 60.8 Å². The van der Waals surface area contributed by atoms with E-state index in [0.29, 0.717) is 19.6 Å². The number of hydrogen-bond donors (Lipinski definition) is 1. The highest BCUT2D eigenvalue weighted by molar-refractivity contribution is 5.69. The van der Waals surface area contributed by atoms with Crippen LogP contribution in [0.15, 0.2) is 60.8 Å². The number of allylic oxidation sites excluding steroid dienone is 10. The van der Waals surface area contributed by atoms with Gasteiger partial charge in [0.15, 0.2) is 0 Å². The Balaban J connectivity index is 3.40. The Morgan fingerprint density at radius 2 is 0.763 bits per heavy atom. The van der Waals surface area contributed by atoms with Gasteiger partial charge in [0.1, 0.15) is 6.10 Å². The summed E-state index contributed by atoms with van der Waals surface area (Å²) in [4.78, 5) is 12.3. The number of hydrogen-bond acceptors (Lipinski definition) is 4. The summed E-state index contributed by atoms with van der Waals surface area (Å²) in [5.74, 6) is -0.201. The number of aliphatic hydroxyl groups is 1. The van der Waals surface area contributed by atoms with Crippen molar-refractivity contribution in [1.82, 2.24) is 0 Å². The fourth-order valence-electron chi connectivity index (χ4n) is 7.49. The number of ether oxygens (including phenoxy) is 2. The minimum Gasteiger partial charge on any atom is -0.457 e. The lowest BCUT2D eigenvalue weighted by molar-refractivity contribution is -0.154. The molecule has 344 valence electrons. The second kappa shape index (κ2) is 52.2. The van der Waals surface area contributed by atoms with Crippen LogP contribution in [0, 0.1) is 0 Å². The molecule has 4 nitrogen and oxygen atoms in total. The SMILES string of the molecule is CC/C=C\C/C=C\C/C=C\C/C=C\CCCCCCCCCCCCCCCOCC(CO)OC(=O)CCCCCCCCCCC/C=C\CCCCCCCCCC. The topological polar surface area (TPSA) is 55.8 Å². The van der Waals surface area contributed by atoms with Gasteiger partial charge in [0.25, 0.3) is 0 Å². The maximum absolute atomic E-state index is 12.3. The van der Waals surface area contributed by atoms with E-state index in [1.807, 2.05) is 0 Å². The summed E-state index contributed by atoms with van der Waals surface area (Å²) >= 11 is 0. The van der Waals surface area contributed by atoms with E-state index in [1.54, 1.807) is 0 Å². The van der Waals surface area contributed by atoms with E-state index in [2.05, 4.69) is 74.6 Å². The maximum atomic E-state index is 12.3. The molecule has 0 aromatic heterocycles. The van der Waals surface area contributed by atoms with Crippen LogP contribution in [0.5, 0.6) is 0 Å². The molecule has 0 aromatic rings. The van der Waals surface area contributed by atoms with Crippen LogP contribution in [0.25, 0.3) is 0 Å². The van der Waals surface area contributed by atoms with Crippen molar-refractivity contribution in [2.24, 2.45) is 0 Å². The lowest BCUT2D eigenvalue weighted by atomic mass is 10.0. The van der Waals surface area contributed by atoms with Gasteiger partial charge in [0.2, 0.25) is 0 Å². The third-order valence-electron chi connectivity index (χ3n) is 11.3. The van der Waals surface area contributed by atoms with Crippen LogP contribution in [0.2, 0.25) is 0 Å². The van der Waals surface area contributed by atoms with Crippen molar-refractivity contribution in [3.63, 3.8) is 0 Å². The molecule has 0 saturated heterocycles. The number of carbonyl (C=O) groups is 1. The molecule has 0 saturated carbocycles. The van der Waals surface area contributed by atoms with Gasteiger partial charge in [0, 0.05) is 13.0 Å². The molecule has 0 aliphatic carbocycles. The highest BCUT2D eigenvalue weighted by Gasteiger charge is 2.13. The van der Waals surface area contributed by atoms with Crippen LogP contribution in [-0.2, 0) is 14.3 Å². The van der Waals surface area contributed by atoms with Crippen LogP contribution in [-0.4, -0.2) is 37.0 Å². The molecule has 0 aliphatic rings. The van der Waals surface area contributed by atoms with Gasteiger partial charge in [-0.25, -0.2) is 0 Å². The lowest BCUT2D eigenvalue weighted by Crippen LogP contribution is -2.27. The standard InChI is InChI=1S/C55H100O4/c1-3-5-7-9-11-13-15-17-19-21-23-25-26-27-28-29-31-33-35-37-39-41-43-45-47-49-51-58-53-54(52-56)59-55(57)50-48-46-44-42-40-38-36-34-32-30-24-22-20-18-16-14-12-10-8-6-4-2/h5,7,11,13,17,19,22-25,54,56H,3-4,6,8-10,12,14-16,18,20-21,26-53H2,1-2H3/b7-5-,13-11-,19-17-,24-22-,25-23-. The van der Waals surface area contributed by atoms with E-state index < -0.39 is 6.10 Å². The molecule has 0 rings (SSSR count). The highest BCUT2D eigenvalue weighted by atomic mass is 16.6. The van der Waals surface area contributed by atoms with Gasteiger partial charge >= 0.3 is 5.97 Å². The van der Waals surface area contributed by atoms with Crippen molar-refractivity contribution in [3.8, 4) is 0 Å². The Hall–Kier alpha value is -1.91.